The summed E-state index contributed by atoms with van der Waals surface area (Å²) in [6, 6.07) is 29.4. The lowest BCUT2D eigenvalue weighted by atomic mass is 9.89. The Morgan fingerprint density at radius 2 is 1.62 bits per heavy atom. The van der Waals surface area contributed by atoms with Crippen molar-refractivity contribution in [2.45, 2.75) is 75.6 Å². The third kappa shape index (κ3) is 8.47. The highest BCUT2D eigenvalue weighted by molar-refractivity contribution is 6.00. The predicted molar refractivity (Wildman–Crippen MR) is 246 cm³/mol. The quantitative estimate of drug-likeness (QED) is 0.128. The highest BCUT2D eigenvalue weighted by Gasteiger charge is 2.59. The van der Waals surface area contributed by atoms with Crippen LogP contribution >= 0.6 is 0 Å². The number of hydrogen-bond acceptors (Lipinski definition) is 12. The molecule has 15 nitrogen and oxygen atoms in total. The molecule has 0 radical (unpaired) electrons. The van der Waals surface area contributed by atoms with Crippen molar-refractivity contribution in [1.82, 2.24) is 39.0 Å². The van der Waals surface area contributed by atoms with E-state index in [2.05, 4.69) is 87.7 Å². The fraction of sp³-hybridized carbons (Fsp3) is 0.440. The fourth-order valence-electron chi connectivity index (χ4n) is 10.3. The molecule has 4 aliphatic heterocycles. The molecule has 0 spiro atoms. The normalized spacial score (nSPS) is 22.6. The van der Waals surface area contributed by atoms with Gasteiger partial charge >= 0.3 is 0 Å². The molecular formula is C50H59N9O6. The molecule has 4 saturated heterocycles. The number of aryl methyl sites for hydroxylation is 1. The van der Waals surface area contributed by atoms with Crippen LogP contribution in [0.2, 0.25) is 0 Å². The van der Waals surface area contributed by atoms with Gasteiger partial charge in [-0.2, -0.15) is 5.10 Å². The van der Waals surface area contributed by atoms with E-state index in [-0.39, 0.29) is 18.0 Å². The minimum Gasteiger partial charge on any atom is -0.497 e. The number of carbonyl (C=O) groups is 1. The van der Waals surface area contributed by atoms with Crippen LogP contribution < -0.4 is 14.8 Å². The molecule has 6 aromatic rings. The molecule has 1 N–H and O–H groups in total. The van der Waals surface area contributed by atoms with Crippen LogP contribution in [0.1, 0.15) is 55.6 Å². The Labute approximate surface area is 380 Å². The molecule has 340 valence electrons. The van der Waals surface area contributed by atoms with Crippen molar-refractivity contribution in [3.8, 4) is 22.8 Å². The number of amides is 1. The second kappa shape index (κ2) is 17.9. The number of rotatable bonds is 14. The first-order chi connectivity index (χ1) is 31.6. The molecular weight excluding hydrogens is 823 g/mol. The summed E-state index contributed by atoms with van der Waals surface area (Å²) in [6.45, 7) is 8.48. The Bertz CT molecular complexity index is 2570. The van der Waals surface area contributed by atoms with Crippen molar-refractivity contribution in [2.75, 3.05) is 59.3 Å². The van der Waals surface area contributed by atoms with E-state index in [1.165, 1.54) is 11.1 Å². The number of likely N-dealkylation sites (tertiary alicyclic amines) is 2. The van der Waals surface area contributed by atoms with Gasteiger partial charge in [0.2, 0.25) is 0 Å². The maximum absolute atomic E-state index is 15.4. The number of fused-ring (bicyclic) bond motifs is 2. The number of piperidine rings is 1. The van der Waals surface area contributed by atoms with E-state index in [1.807, 2.05) is 62.1 Å². The van der Waals surface area contributed by atoms with Gasteiger partial charge in [-0.15, -0.1) is 0 Å². The van der Waals surface area contributed by atoms with E-state index in [4.69, 9.17) is 38.8 Å². The first-order valence-corrected chi connectivity index (χ1v) is 22.7. The summed E-state index contributed by atoms with van der Waals surface area (Å²) in [5, 5.41) is 9.12. The van der Waals surface area contributed by atoms with Crippen molar-refractivity contribution < 1.29 is 28.5 Å². The molecule has 0 unspecified atom stereocenters. The number of ether oxygens (including phenoxy) is 5. The molecule has 4 aliphatic rings. The van der Waals surface area contributed by atoms with Crippen LogP contribution in [0.5, 0.6) is 11.5 Å². The molecule has 4 atom stereocenters. The van der Waals surface area contributed by atoms with E-state index in [9.17, 15) is 0 Å². The van der Waals surface area contributed by atoms with Gasteiger partial charge in [0.25, 0.3) is 5.91 Å². The zero-order valence-corrected chi connectivity index (χ0v) is 38.0. The van der Waals surface area contributed by atoms with Gasteiger partial charge in [0.1, 0.15) is 41.5 Å². The number of anilines is 1. The van der Waals surface area contributed by atoms with Gasteiger partial charge < -0.3 is 43.4 Å². The van der Waals surface area contributed by atoms with Crippen molar-refractivity contribution in [3.63, 3.8) is 0 Å². The van der Waals surface area contributed by atoms with E-state index in [0.29, 0.717) is 42.0 Å². The predicted octanol–water partition coefficient (Wildman–Crippen LogP) is 6.52. The first kappa shape index (κ1) is 43.1. The minimum absolute atomic E-state index is 0.0497. The highest BCUT2D eigenvalue weighted by atomic mass is 16.8. The molecule has 1 amide bonds. The molecule has 0 saturated carbocycles. The number of carbonyl (C=O) groups excluding carboxylic acids is 1. The van der Waals surface area contributed by atoms with Crippen LogP contribution in [0.15, 0.2) is 104 Å². The molecule has 0 bridgehead atoms. The fourth-order valence-corrected chi connectivity index (χ4v) is 10.3. The number of benzene rings is 3. The molecule has 10 rings (SSSR count). The van der Waals surface area contributed by atoms with E-state index >= 15 is 4.79 Å². The van der Waals surface area contributed by atoms with Crippen LogP contribution in [-0.2, 0) is 32.6 Å². The Kier molecular flexibility index (Phi) is 11.8. The molecule has 15 heteroatoms. The molecule has 3 aromatic heterocycles. The van der Waals surface area contributed by atoms with Crippen LogP contribution in [0.4, 0.5) is 5.82 Å². The van der Waals surface area contributed by atoms with E-state index in [1.54, 1.807) is 25.2 Å². The van der Waals surface area contributed by atoms with Gasteiger partial charge in [-0.3, -0.25) is 14.4 Å². The zero-order chi connectivity index (χ0) is 44.8. The van der Waals surface area contributed by atoms with Gasteiger partial charge in [-0.25, -0.2) is 9.97 Å². The summed E-state index contributed by atoms with van der Waals surface area (Å²) in [5.74, 6) is 1.32. The van der Waals surface area contributed by atoms with Crippen LogP contribution in [0, 0.1) is 5.92 Å². The Morgan fingerprint density at radius 3 is 2.28 bits per heavy atom. The van der Waals surface area contributed by atoms with Crippen molar-refractivity contribution in [1.29, 1.82) is 0 Å². The summed E-state index contributed by atoms with van der Waals surface area (Å²) in [4.78, 5) is 32.0. The average Bonchev–Trinajstić information content (AvgIpc) is 4.08. The van der Waals surface area contributed by atoms with Crippen LogP contribution in [0.3, 0.4) is 0 Å². The Morgan fingerprint density at radius 1 is 0.908 bits per heavy atom. The molecule has 0 aliphatic carbocycles. The third-order valence-corrected chi connectivity index (χ3v) is 13.5. The topological polar surface area (TPSA) is 134 Å². The minimum atomic E-state index is -0.946. The number of methoxy groups -OCH3 is 2. The number of aromatic nitrogens is 5. The Balaban J connectivity index is 0.958. The summed E-state index contributed by atoms with van der Waals surface area (Å²) < 4.78 is 35.3. The van der Waals surface area contributed by atoms with Crippen LogP contribution in [-0.4, -0.2) is 129 Å². The number of nitrogens with one attached hydrogen (secondary N) is 1. The van der Waals surface area contributed by atoms with Crippen molar-refractivity contribution in [3.05, 3.63) is 120 Å². The van der Waals surface area contributed by atoms with Gasteiger partial charge in [0, 0.05) is 74.8 Å². The van der Waals surface area contributed by atoms with Crippen LogP contribution in [0.25, 0.3) is 22.3 Å². The van der Waals surface area contributed by atoms with Gasteiger partial charge in [-0.1, -0.05) is 60.7 Å². The van der Waals surface area contributed by atoms with Gasteiger partial charge in [0.05, 0.1) is 31.3 Å². The largest absolute Gasteiger partial charge is 0.497 e. The summed E-state index contributed by atoms with van der Waals surface area (Å²) >= 11 is 0. The molecule has 3 aromatic carbocycles. The lowest BCUT2D eigenvalue weighted by Crippen LogP contribution is -2.58. The molecule has 65 heavy (non-hydrogen) atoms. The zero-order valence-electron chi connectivity index (χ0n) is 38.0. The Hall–Kier alpha value is -5.84. The lowest BCUT2D eigenvalue weighted by Gasteiger charge is -2.48. The number of hydrogen-bond donors (Lipinski definition) is 1. The monoisotopic (exact) mass is 881 g/mol. The highest BCUT2D eigenvalue weighted by Crippen LogP contribution is 2.47. The van der Waals surface area contributed by atoms with E-state index < -0.39 is 30.3 Å². The maximum Gasteiger partial charge on any atom is 0.254 e. The second-order valence-corrected chi connectivity index (χ2v) is 18.4. The van der Waals surface area contributed by atoms with Gasteiger partial charge in [-0.05, 0) is 76.2 Å². The smallest absolute Gasteiger partial charge is 0.254 e. The maximum atomic E-state index is 15.4. The second-order valence-electron chi connectivity index (χ2n) is 18.4. The molecule has 4 fully saturated rings. The summed E-state index contributed by atoms with van der Waals surface area (Å²) in [6.07, 6.45) is 4.36. The SMILES string of the molecule is COc1ccc(CNc2ncnc3c2c(-c2ccn(C)n2)cn3[C@@H]2O[C@H](C(=O)N(CC3CN(C(c4ccccc4)c4ccccc4)C3)C3CCN(C)CC3)[C@H]3OC(C)(C)O[C@H]32)c(OC)c1. The third-order valence-electron chi connectivity index (χ3n) is 13.5. The molecule has 7 heterocycles. The van der Waals surface area contributed by atoms with Gasteiger partial charge in [0.15, 0.2) is 18.1 Å². The summed E-state index contributed by atoms with van der Waals surface area (Å²) in [7, 11) is 7.32. The standard InChI is InChI=1S/C50H59N9O6/c1-50(2)64-43-44(48(60)58(36-19-22-55(3)23-20-36)29-32-27-57(28-32)42(33-13-9-7-10-14-33)34-15-11-8-12-16-34)63-49(45(43)65-50)59-30-38(39-21-24-56(4)54-39)41-46(52-31-53-47(41)59)51-26-35-17-18-37(61-5)25-40(35)62-6/h7-18,21,24-25,30-32,36,42-45,49H,19-20,22-23,26-29H2,1-6H3,(H,51,52,53)/t43-,44+,45-,49-/m1/s1. The number of nitrogens with zero attached hydrogens (tertiary/aromatic N) is 8. The summed E-state index contributed by atoms with van der Waals surface area (Å²) in [5.41, 5.74) is 5.64. The van der Waals surface area contributed by atoms with E-state index in [0.717, 1.165) is 61.2 Å². The van der Waals surface area contributed by atoms with Crippen molar-refractivity contribution in [2.24, 2.45) is 13.0 Å². The van der Waals surface area contributed by atoms with Crippen molar-refractivity contribution >= 4 is 22.8 Å². The lowest BCUT2D eigenvalue weighted by molar-refractivity contribution is -0.201. The first-order valence-electron chi connectivity index (χ1n) is 22.7. The average molecular weight is 882 g/mol.